The highest BCUT2D eigenvalue weighted by molar-refractivity contribution is 7.86. The summed E-state index contributed by atoms with van der Waals surface area (Å²) in [6.07, 6.45) is 0.690. The van der Waals surface area contributed by atoms with Crippen LogP contribution in [0.2, 0.25) is 0 Å². The van der Waals surface area contributed by atoms with Gasteiger partial charge in [0.05, 0.1) is 0 Å². The van der Waals surface area contributed by atoms with E-state index in [9.17, 15) is 13.0 Å². The molecule has 2 aromatic rings. The second kappa shape index (κ2) is 5.74. The van der Waals surface area contributed by atoms with Gasteiger partial charge in [0.1, 0.15) is 4.90 Å². The van der Waals surface area contributed by atoms with E-state index in [-0.39, 0.29) is 17.9 Å². The van der Waals surface area contributed by atoms with Gasteiger partial charge in [-0.2, -0.15) is 8.42 Å². The van der Waals surface area contributed by atoms with Crippen LogP contribution < -0.4 is 0 Å². The van der Waals surface area contributed by atoms with Crippen molar-refractivity contribution >= 4 is 10.1 Å². The summed E-state index contributed by atoms with van der Waals surface area (Å²) in [6.45, 7) is 4.07. The molecule has 0 atom stereocenters. The molecule has 1 aliphatic carbocycles. The number of fused-ring (bicyclic) bond motifs is 3. The SMILES string of the molecule is CC(C)c1ccc2c(c1)Cc1c-2ccc(CCO)c1S(=O)(=O)O. The summed E-state index contributed by atoms with van der Waals surface area (Å²) >= 11 is 0. The lowest BCUT2D eigenvalue weighted by molar-refractivity contribution is 0.298. The van der Waals surface area contributed by atoms with E-state index in [1.807, 2.05) is 12.1 Å². The normalized spacial score (nSPS) is 13.3. The maximum atomic E-state index is 11.9. The maximum absolute atomic E-state index is 11.9. The molecule has 2 aromatic carbocycles. The van der Waals surface area contributed by atoms with Crippen LogP contribution in [0.4, 0.5) is 0 Å². The molecule has 0 bridgehead atoms. The Morgan fingerprint density at radius 2 is 1.83 bits per heavy atom. The number of hydrogen-bond donors (Lipinski definition) is 2. The molecule has 5 heteroatoms. The van der Waals surface area contributed by atoms with Crippen LogP contribution in [-0.2, 0) is 23.0 Å². The number of hydrogen-bond acceptors (Lipinski definition) is 3. The molecule has 4 nitrogen and oxygen atoms in total. The topological polar surface area (TPSA) is 74.6 Å². The van der Waals surface area contributed by atoms with Crippen molar-refractivity contribution in [3.63, 3.8) is 0 Å². The van der Waals surface area contributed by atoms with Crippen LogP contribution in [-0.4, -0.2) is 24.7 Å². The van der Waals surface area contributed by atoms with Crippen LogP contribution in [0.1, 0.15) is 42.0 Å². The minimum Gasteiger partial charge on any atom is -0.396 e. The van der Waals surface area contributed by atoms with Gasteiger partial charge in [-0.3, -0.25) is 4.55 Å². The van der Waals surface area contributed by atoms with E-state index in [2.05, 4.69) is 26.0 Å². The molecule has 0 fully saturated rings. The standard InChI is InChI=1S/C18H20O4S/c1-11(2)13-4-5-15-14(9-13)10-17-16(15)6-3-12(7-8-19)18(17)23(20,21)22/h3-6,9,11,19H,7-8,10H2,1-2H3,(H,20,21,22). The van der Waals surface area contributed by atoms with E-state index < -0.39 is 10.1 Å². The summed E-state index contributed by atoms with van der Waals surface area (Å²) in [5.74, 6) is 0.398. The van der Waals surface area contributed by atoms with Gasteiger partial charge in [0.2, 0.25) is 0 Å². The smallest absolute Gasteiger partial charge is 0.295 e. The third-order valence-corrected chi connectivity index (χ3v) is 5.46. The molecule has 0 amide bonds. The van der Waals surface area contributed by atoms with Crippen molar-refractivity contribution in [2.75, 3.05) is 6.61 Å². The molecular weight excluding hydrogens is 312 g/mol. The molecule has 122 valence electrons. The average molecular weight is 332 g/mol. The van der Waals surface area contributed by atoms with Crippen LogP contribution in [0.15, 0.2) is 35.2 Å². The van der Waals surface area contributed by atoms with E-state index in [1.54, 1.807) is 6.07 Å². The first kappa shape index (κ1) is 16.2. The van der Waals surface area contributed by atoms with Crippen LogP contribution in [0, 0.1) is 0 Å². The summed E-state index contributed by atoms with van der Waals surface area (Å²) in [5, 5.41) is 9.15. The van der Waals surface area contributed by atoms with Gasteiger partial charge in [0.25, 0.3) is 10.1 Å². The van der Waals surface area contributed by atoms with Crippen LogP contribution in [0.5, 0.6) is 0 Å². The van der Waals surface area contributed by atoms with E-state index in [1.165, 1.54) is 5.56 Å². The Labute approximate surface area is 136 Å². The Balaban J connectivity index is 2.21. The zero-order valence-corrected chi connectivity index (χ0v) is 14.0. The van der Waals surface area contributed by atoms with Crippen LogP contribution >= 0.6 is 0 Å². The second-order valence-corrected chi connectivity index (χ2v) is 7.64. The molecule has 0 heterocycles. The molecule has 0 spiro atoms. The van der Waals surface area contributed by atoms with Crippen molar-refractivity contribution in [1.82, 2.24) is 0 Å². The lowest BCUT2D eigenvalue weighted by Crippen LogP contribution is -2.08. The quantitative estimate of drug-likeness (QED) is 0.720. The zero-order valence-electron chi connectivity index (χ0n) is 13.2. The monoisotopic (exact) mass is 332 g/mol. The predicted octanol–water partition coefficient (Wildman–Crippen LogP) is 3.16. The molecule has 0 saturated heterocycles. The highest BCUT2D eigenvalue weighted by Crippen LogP contribution is 2.42. The average Bonchev–Trinajstić information content (AvgIpc) is 2.83. The Bertz CT molecular complexity index is 867. The Kier molecular flexibility index (Phi) is 4.04. The number of rotatable bonds is 4. The predicted molar refractivity (Wildman–Crippen MR) is 89.4 cm³/mol. The zero-order chi connectivity index (χ0) is 16.8. The van der Waals surface area contributed by atoms with Gasteiger partial charge in [-0.25, -0.2) is 0 Å². The first-order valence-corrected chi connectivity index (χ1v) is 9.13. The lowest BCUT2D eigenvalue weighted by Gasteiger charge is -2.11. The first-order valence-electron chi connectivity index (χ1n) is 7.69. The van der Waals surface area contributed by atoms with Crippen molar-refractivity contribution in [3.05, 3.63) is 52.6 Å². The van der Waals surface area contributed by atoms with Crippen LogP contribution in [0.25, 0.3) is 11.1 Å². The van der Waals surface area contributed by atoms with E-state index in [4.69, 9.17) is 5.11 Å². The molecule has 3 rings (SSSR count). The van der Waals surface area contributed by atoms with Gasteiger partial charge in [0, 0.05) is 13.0 Å². The molecule has 2 N–H and O–H groups in total. The highest BCUT2D eigenvalue weighted by Gasteiger charge is 2.28. The molecule has 0 unspecified atom stereocenters. The van der Waals surface area contributed by atoms with Crippen molar-refractivity contribution in [1.29, 1.82) is 0 Å². The summed E-state index contributed by atoms with van der Waals surface area (Å²) in [6, 6.07) is 9.77. The van der Waals surface area contributed by atoms with Gasteiger partial charge in [-0.05, 0) is 45.7 Å². The fraction of sp³-hybridized carbons (Fsp3) is 0.333. The van der Waals surface area contributed by atoms with Gasteiger partial charge < -0.3 is 5.11 Å². The van der Waals surface area contributed by atoms with Crippen molar-refractivity contribution in [2.45, 2.75) is 37.5 Å². The van der Waals surface area contributed by atoms with E-state index >= 15 is 0 Å². The minimum atomic E-state index is -4.34. The van der Waals surface area contributed by atoms with Crippen molar-refractivity contribution in [2.24, 2.45) is 0 Å². The molecular formula is C18H20O4S. The summed E-state index contributed by atoms with van der Waals surface area (Å²) in [4.78, 5) is -0.0358. The fourth-order valence-corrected chi connectivity index (χ4v) is 4.31. The molecule has 23 heavy (non-hydrogen) atoms. The Morgan fingerprint density at radius 3 is 2.43 bits per heavy atom. The highest BCUT2D eigenvalue weighted by atomic mass is 32.2. The molecule has 1 aliphatic rings. The molecule has 0 aromatic heterocycles. The van der Waals surface area contributed by atoms with Crippen molar-refractivity contribution in [3.8, 4) is 11.1 Å². The van der Waals surface area contributed by atoms with Crippen molar-refractivity contribution < 1.29 is 18.1 Å². The number of aliphatic hydroxyl groups excluding tert-OH is 1. The first-order chi connectivity index (χ1) is 10.8. The summed E-state index contributed by atoms with van der Waals surface area (Å²) < 4.78 is 33.4. The third-order valence-electron chi connectivity index (χ3n) is 4.43. The van der Waals surface area contributed by atoms with E-state index in [0.717, 1.165) is 16.7 Å². The van der Waals surface area contributed by atoms with E-state index in [0.29, 0.717) is 23.5 Å². The molecule has 0 radical (unpaired) electrons. The van der Waals surface area contributed by atoms with Gasteiger partial charge in [-0.15, -0.1) is 0 Å². The third kappa shape index (κ3) is 2.80. The van der Waals surface area contributed by atoms with Gasteiger partial charge in [0.15, 0.2) is 0 Å². The fourth-order valence-electron chi connectivity index (χ4n) is 3.32. The Hall–Kier alpha value is -1.69. The minimum absolute atomic E-state index is 0.0358. The summed E-state index contributed by atoms with van der Waals surface area (Å²) in [7, 11) is -4.34. The Morgan fingerprint density at radius 1 is 1.13 bits per heavy atom. The van der Waals surface area contributed by atoms with Crippen LogP contribution in [0.3, 0.4) is 0 Å². The lowest BCUT2D eigenvalue weighted by atomic mass is 9.97. The number of benzene rings is 2. The maximum Gasteiger partial charge on any atom is 0.295 e. The molecule has 0 aliphatic heterocycles. The second-order valence-electron chi connectivity index (χ2n) is 6.28. The van der Waals surface area contributed by atoms with Gasteiger partial charge >= 0.3 is 0 Å². The largest absolute Gasteiger partial charge is 0.396 e. The summed E-state index contributed by atoms with van der Waals surface area (Å²) in [5.41, 5.74) is 5.26. The molecule has 0 saturated carbocycles. The van der Waals surface area contributed by atoms with Gasteiger partial charge in [-0.1, -0.05) is 44.2 Å². The number of aliphatic hydroxyl groups is 1.